The molecule has 1 aliphatic heterocycles. The van der Waals surface area contributed by atoms with E-state index in [1.807, 2.05) is 0 Å². The van der Waals surface area contributed by atoms with Crippen molar-refractivity contribution >= 4 is 29.1 Å². The lowest BCUT2D eigenvalue weighted by molar-refractivity contribution is -0.132. The number of ketones is 1. The number of benzene rings is 3. The Kier molecular flexibility index (Phi) is 6.04. The van der Waals surface area contributed by atoms with E-state index in [1.54, 1.807) is 37.3 Å². The lowest BCUT2D eigenvalue weighted by atomic mass is 9.95. The summed E-state index contributed by atoms with van der Waals surface area (Å²) in [6.45, 7) is 1.92. The Hall–Kier alpha value is -4.26. The molecular formula is C26H20FNO5. The number of hydrogen-bond acceptors (Lipinski definition) is 5. The maximum absolute atomic E-state index is 13.6. The highest BCUT2D eigenvalue weighted by molar-refractivity contribution is 6.51. The number of nitrogens with zero attached hydrogens (tertiary/aromatic N) is 1. The zero-order valence-corrected chi connectivity index (χ0v) is 17.7. The molecule has 0 spiro atoms. The molecule has 1 aliphatic rings. The van der Waals surface area contributed by atoms with Gasteiger partial charge in [0.25, 0.3) is 11.7 Å². The summed E-state index contributed by atoms with van der Waals surface area (Å²) in [7, 11) is 0. The van der Waals surface area contributed by atoms with Gasteiger partial charge in [-0.05, 0) is 48.9 Å². The van der Waals surface area contributed by atoms with Crippen LogP contribution in [0.3, 0.4) is 0 Å². The molecule has 1 amide bonds. The minimum Gasteiger partial charge on any atom is -0.507 e. The van der Waals surface area contributed by atoms with Gasteiger partial charge in [-0.3, -0.25) is 14.5 Å². The Morgan fingerprint density at radius 2 is 1.58 bits per heavy atom. The van der Waals surface area contributed by atoms with Crippen LogP contribution in [-0.4, -0.2) is 29.4 Å². The van der Waals surface area contributed by atoms with Crippen LogP contribution in [0.1, 0.15) is 34.5 Å². The number of rotatable bonds is 5. The average molecular weight is 445 g/mol. The molecule has 1 atom stereocenters. The number of ether oxygens (including phenoxy) is 1. The Morgan fingerprint density at radius 3 is 2.18 bits per heavy atom. The predicted octanol–water partition coefficient (Wildman–Crippen LogP) is 4.63. The summed E-state index contributed by atoms with van der Waals surface area (Å²) in [5.74, 6) is -3.01. The van der Waals surface area contributed by atoms with Crippen molar-refractivity contribution in [3.8, 4) is 0 Å². The maximum Gasteiger partial charge on any atom is 0.338 e. The fourth-order valence-corrected chi connectivity index (χ4v) is 3.78. The van der Waals surface area contributed by atoms with Gasteiger partial charge in [-0.2, -0.15) is 0 Å². The van der Waals surface area contributed by atoms with Crippen molar-refractivity contribution in [2.24, 2.45) is 0 Å². The fourth-order valence-electron chi connectivity index (χ4n) is 3.78. The number of carbonyl (C=O) groups excluding carboxylic acids is 3. The summed E-state index contributed by atoms with van der Waals surface area (Å²) in [6.07, 6.45) is 0. The van der Waals surface area contributed by atoms with E-state index in [-0.39, 0.29) is 17.9 Å². The number of halogens is 1. The molecule has 7 heteroatoms. The summed E-state index contributed by atoms with van der Waals surface area (Å²) >= 11 is 0. The molecule has 1 N–H and O–H groups in total. The Labute approximate surface area is 189 Å². The average Bonchev–Trinajstić information content (AvgIpc) is 3.10. The zero-order valence-electron chi connectivity index (χ0n) is 17.7. The minimum absolute atomic E-state index is 0.104. The summed E-state index contributed by atoms with van der Waals surface area (Å²) in [5, 5.41) is 11.0. The molecule has 0 saturated carbocycles. The molecule has 1 fully saturated rings. The van der Waals surface area contributed by atoms with Crippen molar-refractivity contribution in [1.29, 1.82) is 0 Å². The topological polar surface area (TPSA) is 83.9 Å². The predicted molar refractivity (Wildman–Crippen MR) is 120 cm³/mol. The van der Waals surface area contributed by atoms with E-state index in [1.165, 1.54) is 53.4 Å². The molecule has 166 valence electrons. The van der Waals surface area contributed by atoms with Crippen molar-refractivity contribution in [1.82, 2.24) is 0 Å². The fraction of sp³-hybridized carbons (Fsp3) is 0.115. The smallest absolute Gasteiger partial charge is 0.338 e. The number of aliphatic hydroxyl groups excluding tert-OH is 1. The van der Waals surface area contributed by atoms with Crippen molar-refractivity contribution in [2.75, 3.05) is 11.5 Å². The third-order valence-electron chi connectivity index (χ3n) is 5.33. The second-order valence-corrected chi connectivity index (χ2v) is 7.35. The van der Waals surface area contributed by atoms with Gasteiger partial charge in [0.05, 0.1) is 23.8 Å². The van der Waals surface area contributed by atoms with E-state index in [0.29, 0.717) is 22.4 Å². The summed E-state index contributed by atoms with van der Waals surface area (Å²) in [6, 6.07) is 18.8. The molecule has 0 radical (unpaired) electrons. The van der Waals surface area contributed by atoms with Gasteiger partial charge in [0.15, 0.2) is 0 Å². The van der Waals surface area contributed by atoms with E-state index in [2.05, 4.69) is 0 Å². The molecule has 33 heavy (non-hydrogen) atoms. The number of amides is 1. The van der Waals surface area contributed by atoms with E-state index >= 15 is 0 Å². The van der Waals surface area contributed by atoms with Gasteiger partial charge in [-0.1, -0.05) is 42.5 Å². The lowest BCUT2D eigenvalue weighted by Crippen LogP contribution is -2.29. The molecule has 0 bridgehead atoms. The molecule has 0 aliphatic carbocycles. The number of carbonyl (C=O) groups is 3. The summed E-state index contributed by atoms with van der Waals surface area (Å²) in [4.78, 5) is 39.4. The normalized spacial score (nSPS) is 17.3. The van der Waals surface area contributed by atoms with Gasteiger partial charge in [0.1, 0.15) is 11.6 Å². The Morgan fingerprint density at radius 1 is 0.939 bits per heavy atom. The van der Waals surface area contributed by atoms with Gasteiger partial charge in [-0.15, -0.1) is 0 Å². The first kappa shape index (κ1) is 22.0. The van der Waals surface area contributed by atoms with Crippen molar-refractivity contribution < 1.29 is 28.6 Å². The number of Topliss-reactive ketones (excluding diaryl/α,β-unsaturated/α-hetero) is 1. The van der Waals surface area contributed by atoms with E-state index in [9.17, 15) is 23.9 Å². The molecule has 1 saturated heterocycles. The summed E-state index contributed by atoms with van der Waals surface area (Å²) < 4.78 is 18.6. The molecule has 6 nitrogen and oxygen atoms in total. The SMILES string of the molecule is CCOC(=O)c1ccc(N2C(=O)C(=O)C(=C(O)c3ccccc3)[C@@H]2c2ccc(F)cc2)cc1. The van der Waals surface area contributed by atoms with Crippen LogP contribution in [-0.2, 0) is 14.3 Å². The number of esters is 1. The quantitative estimate of drug-likeness (QED) is 0.268. The van der Waals surface area contributed by atoms with Crippen molar-refractivity contribution in [2.45, 2.75) is 13.0 Å². The van der Waals surface area contributed by atoms with Crippen molar-refractivity contribution in [3.05, 3.63) is 107 Å². The first-order chi connectivity index (χ1) is 15.9. The van der Waals surface area contributed by atoms with Gasteiger partial charge in [0.2, 0.25) is 0 Å². The molecule has 4 rings (SSSR count). The largest absolute Gasteiger partial charge is 0.507 e. The number of anilines is 1. The van der Waals surface area contributed by atoms with Crippen LogP contribution < -0.4 is 4.90 Å². The first-order valence-corrected chi connectivity index (χ1v) is 10.3. The van der Waals surface area contributed by atoms with E-state index in [4.69, 9.17) is 4.74 Å². The number of aliphatic hydroxyl groups is 1. The van der Waals surface area contributed by atoms with Crippen LogP contribution >= 0.6 is 0 Å². The van der Waals surface area contributed by atoms with Crippen LogP contribution in [0.2, 0.25) is 0 Å². The molecule has 1 heterocycles. The lowest BCUT2D eigenvalue weighted by Gasteiger charge is -2.25. The van der Waals surface area contributed by atoms with Gasteiger partial charge >= 0.3 is 5.97 Å². The standard InChI is InChI=1S/C26H20FNO5/c1-2-33-26(32)18-10-14-20(15-11-18)28-22(16-8-12-19(27)13-9-16)21(24(30)25(28)31)23(29)17-6-4-3-5-7-17/h3-15,22,29H,2H2,1H3/t22-/m0/s1. The molecule has 0 aromatic heterocycles. The second-order valence-electron chi connectivity index (χ2n) is 7.35. The highest BCUT2D eigenvalue weighted by atomic mass is 19.1. The second kappa shape index (κ2) is 9.08. The van der Waals surface area contributed by atoms with Crippen molar-refractivity contribution in [3.63, 3.8) is 0 Å². The highest BCUT2D eigenvalue weighted by Crippen LogP contribution is 2.42. The van der Waals surface area contributed by atoms with Gasteiger partial charge in [0, 0.05) is 11.3 Å². The van der Waals surface area contributed by atoms with E-state index < -0.39 is 29.5 Å². The first-order valence-electron chi connectivity index (χ1n) is 10.3. The van der Waals surface area contributed by atoms with E-state index in [0.717, 1.165) is 0 Å². The van der Waals surface area contributed by atoms with Crippen LogP contribution in [0.15, 0.2) is 84.4 Å². The van der Waals surface area contributed by atoms with Crippen LogP contribution in [0.5, 0.6) is 0 Å². The van der Waals surface area contributed by atoms with Crippen LogP contribution in [0.25, 0.3) is 5.76 Å². The Bertz CT molecular complexity index is 1230. The summed E-state index contributed by atoms with van der Waals surface area (Å²) in [5.41, 5.74) is 1.35. The minimum atomic E-state index is -0.987. The third-order valence-corrected chi connectivity index (χ3v) is 5.33. The molecule has 3 aromatic rings. The number of hydrogen-bond donors (Lipinski definition) is 1. The Balaban J connectivity index is 1.85. The zero-order chi connectivity index (χ0) is 23.5. The van der Waals surface area contributed by atoms with Gasteiger partial charge in [-0.25, -0.2) is 9.18 Å². The monoisotopic (exact) mass is 445 g/mol. The third kappa shape index (κ3) is 4.13. The molecule has 0 unspecified atom stereocenters. The molecule has 3 aromatic carbocycles. The molecular weight excluding hydrogens is 425 g/mol. The highest BCUT2D eigenvalue weighted by Gasteiger charge is 2.47. The van der Waals surface area contributed by atoms with Crippen LogP contribution in [0.4, 0.5) is 10.1 Å². The maximum atomic E-state index is 13.6. The van der Waals surface area contributed by atoms with Crippen LogP contribution in [0, 0.1) is 5.82 Å². The van der Waals surface area contributed by atoms with Gasteiger partial charge < -0.3 is 9.84 Å².